The van der Waals surface area contributed by atoms with E-state index in [-0.39, 0.29) is 6.09 Å². The van der Waals surface area contributed by atoms with E-state index in [9.17, 15) is 4.79 Å². The van der Waals surface area contributed by atoms with Crippen molar-refractivity contribution in [1.82, 2.24) is 5.32 Å². The van der Waals surface area contributed by atoms with Crippen molar-refractivity contribution in [3.05, 3.63) is 0 Å². The van der Waals surface area contributed by atoms with Crippen LogP contribution in [0.5, 0.6) is 0 Å². The van der Waals surface area contributed by atoms with Gasteiger partial charge in [0.1, 0.15) is 0 Å². The molecule has 1 aliphatic rings. The Kier molecular flexibility index (Phi) is 4.77. The summed E-state index contributed by atoms with van der Waals surface area (Å²) in [7, 11) is 0. The van der Waals surface area contributed by atoms with Crippen molar-refractivity contribution in [1.29, 1.82) is 0 Å². The minimum absolute atomic E-state index is 0.273. The number of amides is 1. The summed E-state index contributed by atoms with van der Waals surface area (Å²) in [5.74, 6) is 1.39. The van der Waals surface area contributed by atoms with Crippen LogP contribution < -0.4 is 5.32 Å². The first kappa shape index (κ1) is 11.3. The number of carbonyl (C=O) groups excluding carboxylic acids is 1. The number of carbonyl (C=O) groups is 1. The zero-order chi connectivity index (χ0) is 10.4. The molecule has 0 bridgehead atoms. The molecule has 3 nitrogen and oxygen atoms in total. The molecule has 1 amide bonds. The minimum Gasteiger partial charge on any atom is -0.450 e. The molecule has 0 saturated heterocycles. The van der Waals surface area contributed by atoms with E-state index in [1.807, 2.05) is 6.92 Å². The molecule has 0 aromatic rings. The van der Waals surface area contributed by atoms with Gasteiger partial charge >= 0.3 is 6.09 Å². The van der Waals surface area contributed by atoms with Gasteiger partial charge in [0.25, 0.3) is 0 Å². The molecule has 3 heteroatoms. The van der Waals surface area contributed by atoms with Gasteiger partial charge in [0.15, 0.2) is 0 Å². The van der Waals surface area contributed by atoms with E-state index in [1.54, 1.807) is 0 Å². The first-order valence-electron chi connectivity index (χ1n) is 5.64. The topological polar surface area (TPSA) is 38.3 Å². The standard InChI is InChI=1S/C11H21NO2/c1-3-14-11(13)12-8-10-7-5-4-6-9(10)2/h9-10H,3-8H2,1-2H3,(H,12,13). The lowest BCUT2D eigenvalue weighted by molar-refractivity contribution is 0.146. The molecule has 0 radical (unpaired) electrons. The van der Waals surface area contributed by atoms with Crippen LogP contribution in [0.3, 0.4) is 0 Å². The fourth-order valence-corrected chi connectivity index (χ4v) is 2.09. The lowest BCUT2D eigenvalue weighted by Crippen LogP contribution is -2.33. The summed E-state index contributed by atoms with van der Waals surface area (Å²) >= 11 is 0. The molecule has 1 fully saturated rings. The predicted octanol–water partition coefficient (Wildman–Crippen LogP) is 2.56. The van der Waals surface area contributed by atoms with Gasteiger partial charge in [0, 0.05) is 6.54 Å². The van der Waals surface area contributed by atoms with Crippen molar-refractivity contribution >= 4 is 6.09 Å². The number of alkyl carbamates (subject to hydrolysis) is 1. The van der Waals surface area contributed by atoms with Crippen LogP contribution in [-0.4, -0.2) is 19.2 Å². The number of hydrogen-bond donors (Lipinski definition) is 1. The molecule has 14 heavy (non-hydrogen) atoms. The Labute approximate surface area is 86.2 Å². The van der Waals surface area contributed by atoms with E-state index < -0.39 is 0 Å². The largest absolute Gasteiger partial charge is 0.450 e. The molecule has 1 rings (SSSR count). The van der Waals surface area contributed by atoms with Gasteiger partial charge in [0.05, 0.1) is 6.61 Å². The summed E-state index contributed by atoms with van der Waals surface area (Å²) in [6, 6.07) is 0. The third-order valence-corrected chi connectivity index (χ3v) is 3.07. The Morgan fingerprint density at radius 2 is 2.14 bits per heavy atom. The lowest BCUT2D eigenvalue weighted by Gasteiger charge is -2.28. The molecule has 2 unspecified atom stereocenters. The average molecular weight is 199 g/mol. The van der Waals surface area contributed by atoms with Crippen LogP contribution in [0.2, 0.25) is 0 Å². The third-order valence-electron chi connectivity index (χ3n) is 3.07. The molecule has 1 saturated carbocycles. The minimum atomic E-state index is -0.273. The van der Waals surface area contributed by atoms with Crippen LogP contribution in [0.1, 0.15) is 39.5 Å². The molecular formula is C11H21NO2. The molecule has 1 N–H and O–H groups in total. The molecule has 0 heterocycles. The highest BCUT2D eigenvalue weighted by molar-refractivity contribution is 5.66. The second-order valence-electron chi connectivity index (χ2n) is 4.12. The summed E-state index contributed by atoms with van der Waals surface area (Å²) in [6.07, 6.45) is 4.92. The maximum atomic E-state index is 11.1. The normalized spacial score (nSPS) is 27.0. The Morgan fingerprint density at radius 3 is 2.79 bits per heavy atom. The molecule has 0 aliphatic heterocycles. The van der Waals surface area contributed by atoms with Gasteiger partial charge in [-0.3, -0.25) is 0 Å². The Hall–Kier alpha value is -0.730. The number of hydrogen-bond acceptors (Lipinski definition) is 2. The fourth-order valence-electron chi connectivity index (χ4n) is 2.09. The van der Waals surface area contributed by atoms with Gasteiger partial charge in [-0.25, -0.2) is 4.79 Å². The first-order chi connectivity index (χ1) is 6.74. The molecule has 0 spiro atoms. The van der Waals surface area contributed by atoms with Crippen molar-refractivity contribution in [2.45, 2.75) is 39.5 Å². The van der Waals surface area contributed by atoms with Crippen LogP contribution in [0, 0.1) is 11.8 Å². The van der Waals surface area contributed by atoms with Gasteiger partial charge < -0.3 is 10.1 Å². The summed E-state index contributed by atoms with van der Waals surface area (Å²) in [6.45, 7) is 5.32. The van der Waals surface area contributed by atoms with Gasteiger partial charge in [0.2, 0.25) is 0 Å². The maximum Gasteiger partial charge on any atom is 0.407 e. The Bertz CT molecular complexity index is 182. The zero-order valence-corrected chi connectivity index (χ0v) is 9.21. The fraction of sp³-hybridized carbons (Fsp3) is 0.909. The second-order valence-corrected chi connectivity index (χ2v) is 4.12. The summed E-state index contributed by atoms with van der Waals surface area (Å²) in [5.41, 5.74) is 0. The van der Waals surface area contributed by atoms with E-state index in [0.29, 0.717) is 12.5 Å². The smallest absolute Gasteiger partial charge is 0.407 e. The zero-order valence-electron chi connectivity index (χ0n) is 9.21. The maximum absolute atomic E-state index is 11.1. The van der Waals surface area contributed by atoms with Gasteiger partial charge in [-0.1, -0.05) is 26.2 Å². The van der Waals surface area contributed by atoms with Crippen molar-refractivity contribution < 1.29 is 9.53 Å². The van der Waals surface area contributed by atoms with Crippen molar-refractivity contribution in [3.8, 4) is 0 Å². The predicted molar refractivity (Wildman–Crippen MR) is 56.1 cm³/mol. The van der Waals surface area contributed by atoms with Crippen LogP contribution in [0.25, 0.3) is 0 Å². The van der Waals surface area contributed by atoms with Crippen LogP contribution >= 0.6 is 0 Å². The van der Waals surface area contributed by atoms with Crippen molar-refractivity contribution in [3.63, 3.8) is 0 Å². The highest BCUT2D eigenvalue weighted by Crippen LogP contribution is 2.28. The Morgan fingerprint density at radius 1 is 1.43 bits per heavy atom. The second kappa shape index (κ2) is 5.89. The van der Waals surface area contributed by atoms with Crippen molar-refractivity contribution in [2.75, 3.05) is 13.2 Å². The molecular weight excluding hydrogens is 178 g/mol. The lowest BCUT2D eigenvalue weighted by atomic mass is 9.80. The van der Waals surface area contributed by atoms with E-state index in [0.717, 1.165) is 12.5 Å². The first-order valence-corrected chi connectivity index (χ1v) is 5.64. The van der Waals surface area contributed by atoms with Crippen LogP contribution in [0.4, 0.5) is 4.79 Å². The van der Waals surface area contributed by atoms with E-state index >= 15 is 0 Å². The quantitative estimate of drug-likeness (QED) is 0.758. The summed E-state index contributed by atoms with van der Waals surface area (Å²) < 4.78 is 4.82. The summed E-state index contributed by atoms with van der Waals surface area (Å²) in [4.78, 5) is 11.1. The monoisotopic (exact) mass is 199 g/mol. The number of nitrogens with one attached hydrogen (secondary N) is 1. The number of ether oxygens (including phenoxy) is 1. The molecule has 2 atom stereocenters. The van der Waals surface area contributed by atoms with E-state index in [4.69, 9.17) is 4.74 Å². The highest BCUT2D eigenvalue weighted by atomic mass is 16.5. The van der Waals surface area contributed by atoms with Gasteiger partial charge in [-0.05, 0) is 25.2 Å². The Balaban J connectivity index is 2.19. The van der Waals surface area contributed by atoms with Gasteiger partial charge in [-0.15, -0.1) is 0 Å². The average Bonchev–Trinajstić information content (AvgIpc) is 2.17. The number of rotatable bonds is 3. The molecule has 0 aromatic heterocycles. The van der Waals surface area contributed by atoms with Gasteiger partial charge in [-0.2, -0.15) is 0 Å². The molecule has 82 valence electrons. The molecule has 1 aliphatic carbocycles. The highest BCUT2D eigenvalue weighted by Gasteiger charge is 2.21. The van der Waals surface area contributed by atoms with E-state index in [1.165, 1.54) is 25.7 Å². The molecule has 0 aromatic carbocycles. The van der Waals surface area contributed by atoms with E-state index in [2.05, 4.69) is 12.2 Å². The van der Waals surface area contributed by atoms with Crippen LogP contribution in [0.15, 0.2) is 0 Å². The van der Waals surface area contributed by atoms with Crippen molar-refractivity contribution in [2.24, 2.45) is 11.8 Å². The SMILES string of the molecule is CCOC(=O)NCC1CCCCC1C. The van der Waals surface area contributed by atoms with Crippen LogP contribution in [-0.2, 0) is 4.74 Å². The third kappa shape index (κ3) is 3.56. The summed E-state index contributed by atoms with van der Waals surface area (Å²) in [5, 5.41) is 2.82.